The molecule has 3 nitrogen and oxygen atoms in total. The molecule has 0 bridgehead atoms. The minimum atomic E-state index is -0.282. The van der Waals surface area contributed by atoms with Gasteiger partial charge in [0.2, 0.25) is 0 Å². The number of rotatable bonds is 5. The van der Waals surface area contributed by atoms with Crippen molar-refractivity contribution in [2.75, 3.05) is 11.1 Å². The van der Waals surface area contributed by atoms with Crippen molar-refractivity contribution in [1.82, 2.24) is 0 Å². The summed E-state index contributed by atoms with van der Waals surface area (Å²) >= 11 is 13.7. The van der Waals surface area contributed by atoms with Gasteiger partial charge in [-0.05, 0) is 54.3 Å². The van der Waals surface area contributed by atoms with Gasteiger partial charge in [-0.15, -0.1) is 11.8 Å². The third kappa shape index (κ3) is 4.67. The van der Waals surface area contributed by atoms with Crippen molar-refractivity contribution in [3.63, 3.8) is 0 Å². The van der Waals surface area contributed by atoms with Crippen molar-refractivity contribution >= 4 is 52.3 Å². The molecule has 0 unspecified atom stereocenters. The van der Waals surface area contributed by atoms with Crippen LogP contribution < -0.4 is 5.32 Å². The number of anilines is 1. The minimum Gasteiger partial charge on any atom is -0.507 e. The fraction of sp³-hybridized carbons (Fsp3) is 0.125. The fourth-order valence-corrected chi connectivity index (χ4v) is 4.87. The molecular weight excluding hydrogens is 437 g/mol. The molecule has 0 aliphatic carbocycles. The van der Waals surface area contributed by atoms with E-state index in [-0.39, 0.29) is 11.7 Å². The molecule has 0 spiro atoms. The molecular formula is C24H19Cl2NO2S. The molecule has 0 saturated carbocycles. The molecule has 4 rings (SSSR count). The summed E-state index contributed by atoms with van der Waals surface area (Å²) < 4.78 is 0. The Kier molecular flexibility index (Phi) is 6.38. The minimum absolute atomic E-state index is 0.0540. The molecule has 0 saturated heterocycles. The molecule has 0 radical (unpaired) electrons. The number of thioether (sulfide) groups is 1. The summed E-state index contributed by atoms with van der Waals surface area (Å²) in [6.07, 6.45) is 1.63. The maximum Gasteiger partial charge on any atom is 0.256 e. The molecule has 2 N–H and O–H groups in total. The third-order valence-electron chi connectivity index (χ3n) is 4.98. The van der Waals surface area contributed by atoms with E-state index in [9.17, 15) is 9.90 Å². The summed E-state index contributed by atoms with van der Waals surface area (Å²) in [7, 11) is 0. The molecule has 3 aromatic rings. The van der Waals surface area contributed by atoms with Crippen LogP contribution in [0.4, 0.5) is 5.69 Å². The second-order valence-electron chi connectivity index (χ2n) is 7.00. The van der Waals surface area contributed by atoms with Gasteiger partial charge in [0.1, 0.15) is 5.76 Å². The smallest absolute Gasteiger partial charge is 0.256 e. The number of carbonyl (C=O) groups excluding carboxylic acids is 1. The van der Waals surface area contributed by atoms with E-state index in [0.717, 1.165) is 28.9 Å². The highest BCUT2D eigenvalue weighted by Crippen LogP contribution is 2.36. The van der Waals surface area contributed by atoms with Crippen molar-refractivity contribution in [3.8, 4) is 0 Å². The van der Waals surface area contributed by atoms with Crippen LogP contribution in [-0.4, -0.2) is 16.8 Å². The summed E-state index contributed by atoms with van der Waals surface area (Å²) in [6.45, 7) is 0. The second kappa shape index (κ2) is 9.17. The van der Waals surface area contributed by atoms with Crippen LogP contribution in [0.1, 0.15) is 16.7 Å². The maximum atomic E-state index is 12.7. The summed E-state index contributed by atoms with van der Waals surface area (Å²) in [5, 5.41) is 14.7. The fourth-order valence-electron chi connectivity index (χ4n) is 3.31. The lowest BCUT2D eigenvalue weighted by Gasteiger charge is -2.18. The molecule has 152 valence electrons. The Hall–Kier alpha value is -2.40. The molecule has 1 aliphatic rings. The van der Waals surface area contributed by atoms with Crippen LogP contribution in [-0.2, 0) is 17.6 Å². The number of hydrogen-bond donors (Lipinski definition) is 2. The lowest BCUT2D eigenvalue weighted by molar-refractivity contribution is -0.112. The van der Waals surface area contributed by atoms with Crippen molar-refractivity contribution in [2.45, 2.75) is 17.7 Å². The first-order valence-electron chi connectivity index (χ1n) is 9.50. The average molecular weight is 456 g/mol. The molecule has 1 aliphatic heterocycles. The van der Waals surface area contributed by atoms with Gasteiger partial charge < -0.3 is 10.4 Å². The number of aryl methyl sites for hydroxylation is 2. The van der Waals surface area contributed by atoms with Crippen LogP contribution in [0.2, 0.25) is 10.0 Å². The lowest BCUT2D eigenvalue weighted by Crippen LogP contribution is -2.19. The van der Waals surface area contributed by atoms with Gasteiger partial charge in [-0.1, -0.05) is 59.6 Å². The van der Waals surface area contributed by atoms with Gasteiger partial charge in [0.25, 0.3) is 5.91 Å². The number of fused-ring (bicyclic) bond motifs is 1. The van der Waals surface area contributed by atoms with Crippen LogP contribution in [0.25, 0.3) is 5.76 Å². The highest BCUT2D eigenvalue weighted by Gasteiger charge is 2.23. The third-order valence-corrected chi connectivity index (χ3v) is 6.67. The molecule has 0 atom stereocenters. The van der Waals surface area contributed by atoms with Gasteiger partial charge in [0.15, 0.2) is 0 Å². The number of halogens is 2. The number of hydrogen-bond acceptors (Lipinski definition) is 3. The highest BCUT2D eigenvalue weighted by atomic mass is 35.5. The van der Waals surface area contributed by atoms with Gasteiger partial charge in [-0.2, -0.15) is 0 Å². The Balaban J connectivity index is 1.40. The molecule has 1 heterocycles. The first-order valence-corrected chi connectivity index (χ1v) is 11.2. The van der Waals surface area contributed by atoms with Gasteiger partial charge in [0, 0.05) is 31.9 Å². The molecule has 30 heavy (non-hydrogen) atoms. The number of amides is 1. The number of aliphatic hydroxyl groups is 1. The first-order chi connectivity index (χ1) is 14.5. The topological polar surface area (TPSA) is 49.3 Å². The molecule has 3 aromatic carbocycles. The van der Waals surface area contributed by atoms with Crippen LogP contribution >= 0.6 is 35.0 Å². The highest BCUT2D eigenvalue weighted by molar-refractivity contribution is 7.99. The van der Waals surface area contributed by atoms with E-state index in [1.54, 1.807) is 17.8 Å². The quantitative estimate of drug-likeness (QED) is 0.444. The van der Waals surface area contributed by atoms with Crippen LogP contribution in [0.15, 0.2) is 77.2 Å². The Bertz CT molecular complexity index is 1130. The van der Waals surface area contributed by atoms with E-state index in [1.807, 2.05) is 60.7 Å². The van der Waals surface area contributed by atoms with Crippen molar-refractivity contribution in [3.05, 3.63) is 99.0 Å². The zero-order valence-corrected chi connectivity index (χ0v) is 18.3. The Morgan fingerprint density at radius 3 is 2.53 bits per heavy atom. The average Bonchev–Trinajstić information content (AvgIpc) is 2.74. The van der Waals surface area contributed by atoms with E-state index < -0.39 is 0 Å². The zero-order valence-electron chi connectivity index (χ0n) is 16.0. The van der Waals surface area contributed by atoms with Crippen LogP contribution in [0.5, 0.6) is 0 Å². The lowest BCUT2D eigenvalue weighted by atomic mass is 10.0. The summed E-state index contributed by atoms with van der Waals surface area (Å²) in [4.78, 5) is 13.7. The van der Waals surface area contributed by atoms with Crippen LogP contribution in [0.3, 0.4) is 0 Å². The monoisotopic (exact) mass is 455 g/mol. The summed E-state index contributed by atoms with van der Waals surface area (Å²) in [5.74, 6) is 0.211. The zero-order chi connectivity index (χ0) is 21.1. The number of benzene rings is 3. The molecule has 1 amide bonds. The molecule has 0 fully saturated rings. The maximum absolute atomic E-state index is 12.7. The standard InChI is InChI=1S/C24H19Cl2NO2S/c25-17-10-9-16(21(26)13-17)8-5-15-6-11-18(12-7-15)27-24(29)20-14-30-22-4-2-1-3-19(22)23(20)28/h1-4,6-7,9-13,28H,5,8,14H2,(H,27,29). The van der Waals surface area contributed by atoms with E-state index in [2.05, 4.69) is 5.32 Å². The van der Waals surface area contributed by atoms with E-state index in [0.29, 0.717) is 32.6 Å². The van der Waals surface area contributed by atoms with Crippen LogP contribution in [0, 0.1) is 0 Å². The number of nitrogens with one attached hydrogen (secondary N) is 1. The van der Waals surface area contributed by atoms with Crippen molar-refractivity contribution in [1.29, 1.82) is 0 Å². The van der Waals surface area contributed by atoms with E-state index >= 15 is 0 Å². The van der Waals surface area contributed by atoms with Gasteiger partial charge in [-0.25, -0.2) is 0 Å². The Labute approximate surface area is 189 Å². The predicted molar refractivity (Wildman–Crippen MR) is 126 cm³/mol. The van der Waals surface area contributed by atoms with Gasteiger partial charge in [0.05, 0.1) is 5.57 Å². The SMILES string of the molecule is O=C(Nc1ccc(CCc2ccc(Cl)cc2Cl)cc1)C1=C(O)c2ccccc2SC1. The van der Waals surface area contributed by atoms with Gasteiger partial charge in [-0.3, -0.25) is 4.79 Å². The van der Waals surface area contributed by atoms with E-state index in [1.165, 1.54) is 0 Å². The normalized spacial score (nSPS) is 13.1. The number of carbonyl (C=O) groups is 1. The first kappa shape index (κ1) is 20.9. The molecule has 0 aromatic heterocycles. The summed E-state index contributed by atoms with van der Waals surface area (Å²) in [6, 6.07) is 20.8. The largest absolute Gasteiger partial charge is 0.507 e. The second-order valence-corrected chi connectivity index (χ2v) is 8.86. The Morgan fingerprint density at radius 2 is 1.77 bits per heavy atom. The Morgan fingerprint density at radius 1 is 1.00 bits per heavy atom. The van der Waals surface area contributed by atoms with E-state index in [4.69, 9.17) is 23.2 Å². The van der Waals surface area contributed by atoms with Crippen molar-refractivity contribution in [2.24, 2.45) is 0 Å². The number of aliphatic hydroxyl groups excluding tert-OH is 1. The molecule has 6 heteroatoms. The van der Waals surface area contributed by atoms with Gasteiger partial charge >= 0.3 is 0 Å². The predicted octanol–water partition coefficient (Wildman–Crippen LogP) is 6.79. The summed E-state index contributed by atoms with van der Waals surface area (Å²) in [5.41, 5.74) is 3.98. The van der Waals surface area contributed by atoms with Crippen molar-refractivity contribution < 1.29 is 9.90 Å².